The smallest absolute Gasteiger partial charge is 0.321 e. The fourth-order valence-electron chi connectivity index (χ4n) is 2.24. The number of hydrogen-bond acceptors (Lipinski definition) is 5. The fraction of sp³-hybridized carbons (Fsp3) is 0.438. The highest BCUT2D eigenvalue weighted by Crippen LogP contribution is 2.28. The molecule has 6 nitrogen and oxygen atoms in total. The number of likely N-dealkylation sites (N-methyl/N-ethyl adjacent to an activating group) is 1. The van der Waals surface area contributed by atoms with Gasteiger partial charge in [0.2, 0.25) is 5.91 Å². The first-order valence-corrected chi connectivity index (χ1v) is 8.50. The molecule has 122 valence electrons. The lowest BCUT2D eigenvalue weighted by Crippen LogP contribution is -2.44. The van der Waals surface area contributed by atoms with Crippen LogP contribution in [-0.2, 0) is 4.79 Å². The van der Waals surface area contributed by atoms with Gasteiger partial charge in [0, 0.05) is 6.04 Å². The molecule has 1 aliphatic rings. The number of hydrogen-bond donors (Lipinski definition) is 2. The maximum atomic E-state index is 11.9. The van der Waals surface area contributed by atoms with E-state index in [-0.39, 0.29) is 24.5 Å². The number of carbonyl (C=O) groups excluding carboxylic acids is 2. The summed E-state index contributed by atoms with van der Waals surface area (Å²) in [5, 5.41) is 6.07. The van der Waals surface area contributed by atoms with Gasteiger partial charge in [0.05, 0.1) is 22.8 Å². The van der Waals surface area contributed by atoms with E-state index in [1.165, 1.54) is 0 Å². The molecule has 0 unspecified atom stereocenters. The van der Waals surface area contributed by atoms with E-state index in [2.05, 4.69) is 15.6 Å². The molecule has 1 fully saturated rings. The number of amides is 3. The summed E-state index contributed by atoms with van der Waals surface area (Å²) in [4.78, 5) is 30.0. The Bertz CT molecular complexity index is 693. The Morgan fingerprint density at radius 1 is 1.39 bits per heavy atom. The van der Waals surface area contributed by atoms with Crippen LogP contribution < -0.4 is 10.6 Å². The Labute approximate surface area is 138 Å². The lowest BCUT2D eigenvalue weighted by atomic mass is 10.3. The monoisotopic (exact) mass is 332 g/mol. The fourth-order valence-corrected chi connectivity index (χ4v) is 3.32. The summed E-state index contributed by atoms with van der Waals surface area (Å²) < 4.78 is 1.14. The highest BCUT2D eigenvalue weighted by atomic mass is 32.1. The third-order valence-electron chi connectivity index (χ3n) is 3.89. The molecule has 0 aliphatic heterocycles. The summed E-state index contributed by atoms with van der Waals surface area (Å²) in [6.45, 7) is 2.16. The molecular weight excluding hydrogens is 312 g/mol. The van der Waals surface area contributed by atoms with E-state index in [9.17, 15) is 9.59 Å². The van der Waals surface area contributed by atoms with E-state index in [4.69, 9.17) is 0 Å². The average Bonchev–Trinajstić information content (AvgIpc) is 3.20. The van der Waals surface area contributed by atoms with E-state index in [1.54, 1.807) is 11.3 Å². The molecule has 1 saturated carbocycles. The number of thiazole rings is 1. The van der Waals surface area contributed by atoms with Crippen LogP contribution in [0.3, 0.4) is 0 Å². The zero-order valence-corrected chi connectivity index (χ0v) is 14.0. The van der Waals surface area contributed by atoms with E-state index >= 15 is 0 Å². The lowest BCUT2D eigenvalue weighted by Gasteiger charge is -2.22. The van der Waals surface area contributed by atoms with Gasteiger partial charge in [-0.25, -0.2) is 9.78 Å². The van der Waals surface area contributed by atoms with Crippen molar-refractivity contribution in [3.63, 3.8) is 0 Å². The molecule has 1 heterocycles. The molecule has 0 bridgehead atoms. The van der Waals surface area contributed by atoms with Gasteiger partial charge in [-0.05, 0) is 38.9 Å². The Hall–Kier alpha value is -1.99. The standard InChI is InChI=1S/C16H20N4O2S/c1-10(15-18-12-5-3-4-6-13(12)23-15)20(2)9-14(21)19-16(22)17-11-7-8-11/h3-6,10-11H,7-9H2,1-2H3,(H2,17,19,21,22)/t10-/m0/s1. The van der Waals surface area contributed by atoms with Crippen LogP contribution >= 0.6 is 11.3 Å². The lowest BCUT2D eigenvalue weighted by molar-refractivity contribution is -0.121. The molecule has 7 heteroatoms. The predicted octanol–water partition coefficient (Wildman–Crippen LogP) is 2.28. The molecule has 2 N–H and O–H groups in total. The molecule has 0 spiro atoms. The average molecular weight is 332 g/mol. The zero-order chi connectivity index (χ0) is 16.4. The second-order valence-corrected chi connectivity index (χ2v) is 6.97. The van der Waals surface area contributed by atoms with Crippen molar-refractivity contribution in [1.29, 1.82) is 0 Å². The van der Waals surface area contributed by atoms with Crippen LogP contribution in [0.4, 0.5) is 4.79 Å². The largest absolute Gasteiger partial charge is 0.335 e. The summed E-state index contributed by atoms with van der Waals surface area (Å²) in [7, 11) is 1.86. The van der Waals surface area contributed by atoms with Crippen LogP contribution in [0.2, 0.25) is 0 Å². The minimum Gasteiger partial charge on any atom is -0.335 e. The van der Waals surface area contributed by atoms with Crippen LogP contribution in [0.1, 0.15) is 30.8 Å². The number of imide groups is 1. The van der Waals surface area contributed by atoms with Gasteiger partial charge >= 0.3 is 6.03 Å². The number of nitrogens with one attached hydrogen (secondary N) is 2. The third kappa shape index (κ3) is 4.05. The van der Waals surface area contributed by atoms with Gasteiger partial charge in [-0.15, -0.1) is 11.3 Å². The van der Waals surface area contributed by atoms with E-state index in [0.29, 0.717) is 0 Å². The molecule has 2 aromatic rings. The van der Waals surface area contributed by atoms with Crippen molar-refractivity contribution in [2.75, 3.05) is 13.6 Å². The zero-order valence-electron chi connectivity index (χ0n) is 13.2. The van der Waals surface area contributed by atoms with Gasteiger partial charge in [-0.1, -0.05) is 12.1 Å². The second-order valence-electron chi connectivity index (χ2n) is 5.91. The normalized spacial score (nSPS) is 15.6. The van der Waals surface area contributed by atoms with Crippen LogP contribution in [0.5, 0.6) is 0 Å². The second kappa shape index (κ2) is 6.64. The molecule has 1 aromatic carbocycles. The number of para-hydroxylation sites is 1. The molecule has 1 aliphatic carbocycles. The van der Waals surface area contributed by atoms with E-state index in [0.717, 1.165) is 28.1 Å². The maximum Gasteiger partial charge on any atom is 0.321 e. The molecule has 23 heavy (non-hydrogen) atoms. The maximum absolute atomic E-state index is 11.9. The number of urea groups is 1. The molecule has 3 rings (SSSR count). The van der Waals surface area contributed by atoms with Gasteiger partial charge in [-0.3, -0.25) is 15.0 Å². The number of benzene rings is 1. The Kier molecular flexibility index (Phi) is 4.58. The number of fused-ring (bicyclic) bond motifs is 1. The summed E-state index contributed by atoms with van der Waals surface area (Å²) in [5.74, 6) is -0.307. The van der Waals surface area contributed by atoms with Crippen LogP contribution in [0, 0.1) is 0 Å². The highest BCUT2D eigenvalue weighted by Gasteiger charge is 2.24. The van der Waals surface area contributed by atoms with Gasteiger partial charge in [-0.2, -0.15) is 0 Å². The van der Waals surface area contributed by atoms with Crippen molar-refractivity contribution in [3.05, 3.63) is 29.3 Å². The highest BCUT2D eigenvalue weighted by molar-refractivity contribution is 7.18. The van der Waals surface area contributed by atoms with Crippen molar-refractivity contribution >= 4 is 33.5 Å². The minimum atomic E-state index is -0.404. The van der Waals surface area contributed by atoms with Gasteiger partial charge < -0.3 is 5.32 Å². The number of rotatable bonds is 5. The van der Waals surface area contributed by atoms with Crippen molar-refractivity contribution in [2.24, 2.45) is 0 Å². The first-order valence-electron chi connectivity index (χ1n) is 7.69. The predicted molar refractivity (Wildman–Crippen MR) is 90.4 cm³/mol. The molecule has 3 amide bonds. The van der Waals surface area contributed by atoms with Crippen molar-refractivity contribution in [3.8, 4) is 0 Å². The molecule has 0 saturated heterocycles. The Morgan fingerprint density at radius 3 is 2.83 bits per heavy atom. The minimum absolute atomic E-state index is 0.00430. The van der Waals surface area contributed by atoms with Crippen LogP contribution in [0.15, 0.2) is 24.3 Å². The van der Waals surface area contributed by atoms with Gasteiger partial charge in [0.25, 0.3) is 0 Å². The van der Waals surface area contributed by atoms with E-state index < -0.39 is 6.03 Å². The Morgan fingerprint density at radius 2 is 2.13 bits per heavy atom. The number of carbonyl (C=O) groups is 2. The summed E-state index contributed by atoms with van der Waals surface area (Å²) in [6, 6.07) is 7.82. The van der Waals surface area contributed by atoms with E-state index in [1.807, 2.05) is 43.1 Å². The number of aromatic nitrogens is 1. The summed E-state index contributed by atoms with van der Waals surface area (Å²) in [6.07, 6.45) is 1.99. The quantitative estimate of drug-likeness (QED) is 0.881. The SMILES string of the molecule is C[C@@H](c1nc2ccccc2s1)N(C)CC(=O)NC(=O)NC1CC1. The summed E-state index contributed by atoms with van der Waals surface area (Å²) >= 11 is 1.63. The van der Waals surface area contributed by atoms with Gasteiger partial charge in [0.1, 0.15) is 5.01 Å². The molecular formula is C16H20N4O2S. The van der Waals surface area contributed by atoms with Crippen molar-refractivity contribution < 1.29 is 9.59 Å². The first-order chi connectivity index (χ1) is 11.0. The topological polar surface area (TPSA) is 74.3 Å². The summed E-state index contributed by atoms with van der Waals surface area (Å²) in [5.41, 5.74) is 0.973. The van der Waals surface area contributed by atoms with Gasteiger partial charge in [0.15, 0.2) is 0 Å². The Balaban J connectivity index is 1.56. The van der Waals surface area contributed by atoms with Crippen molar-refractivity contribution in [1.82, 2.24) is 20.5 Å². The number of nitrogens with zero attached hydrogens (tertiary/aromatic N) is 2. The molecule has 1 atom stereocenters. The van der Waals surface area contributed by atoms with Crippen molar-refractivity contribution in [2.45, 2.75) is 31.8 Å². The molecule has 0 radical (unpaired) electrons. The first kappa shape index (κ1) is 15.9. The van der Waals surface area contributed by atoms with Crippen LogP contribution in [-0.4, -0.2) is 41.5 Å². The molecule has 1 aromatic heterocycles. The third-order valence-corrected chi connectivity index (χ3v) is 5.09. The van der Waals surface area contributed by atoms with Crippen LogP contribution in [0.25, 0.3) is 10.2 Å².